The molecule has 0 bridgehead atoms. The third-order valence-electron chi connectivity index (χ3n) is 3.28. The summed E-state index contributed by atoms with van der Waals surface area (Å²) in [5, 5.41) is 8.61. The predicted octanol–water partition coefficient (Wildman–Crippen LogP) is 2.63. The van der Waals surface area contributed by atoms with Gasteiger partial charge in [-0.2, -0.15) is 0 Å². The van der Waals surface area contributed by atoms with Crippen molar-refractivity contribution in [1.29, 1.82) is 0 Å². The highest BCUT2D eigenvalue weighted by Gasteiger charge is 2.18. The van der Waals surface area contributed by atoms with Crippen LogP contribution in [0.5, 0.6) is 0 Å². The van der Waals surface area contributed by atoms with E-state index in [2.05, 4.69) is 24.0 Å². The smallest absolute Gasteiger partial charge is 0.328 e. The van der Waals surface area contributed by atoms with Crippen molar-refractivity contribution in [1.82, 2.24) is 4.90 Å². The first-order valence-electron chi connectivity index (χ1n) is 6.36. The van der Waals surface area contributed by atoms with Crippen molar-refractivity contribution in [3.8, 4) is 0 Å². The van der Waals surface area contributed by atoms with Crippen LogP contribution in [-0.2, 0) is 11.3 Å². The molecule has 1 heterocycles. The highest BCUT2D eigenvalue weighted by Crippen LogP contribution is 2.18. The van der Waals surface area contributed by atoms with Crippen LogP contribution in [0.3, 0.4) is 0 Å². The molecule has 1 aromatic rings. The minimum absolute atomic E-state index is 0.792. The number of hydrogen-bond donors (Lipinski definition) is 1. The quantitative estimate of drug-likeness (QED) is 0.829. The molecule has 0 saturated carbocycles. The molecule has 0 radical (unpaired) electrons. The van der Waals surface area contributed by atoms with Gasteiger partial charge in [-0.3, -0.25) is 4.90 Å². The van der Waals surface area contributed by atoms with Crippen LogP contribution < -0.4 is 0 Å². The van der Waals surface area contributed by atoms with E-state index in [1.165, 1.54) is 18.1 Å². The van der Waals surface area contributed by atoms with Crippen molar-refractivity contribution in [2.75, 3.05) is 13.1 Å². The van der Waals surface area contributed by atoms with Gasteiger partial charge in [0, 0.05) is 19.2 Å². The SMILES string of the molecule is CC1CCN(Cc2cccc(C=CC(=O)O)c2)C1. The van der Waals surface area contributed by atoms with Gasteiger partial charge in [0.1, 0.15) is 0 Å². The van der Waals surface area contributed by atoms with E-state index in [4.69, 9.17) is 5.11 Å². The maximum Gasteiger partial charge on any atom is 0.328 e. The molecule has 2 rings (SSSR count). The fourth-order valence-electron chi connectivity index (χ4n) is 2.39. The minimum atomic E-state index is -0.909. The molecule has 0 aliphatic carbocycles. The molecular formula is C15H19NO2. The zero-order valence-corrected chi connectivity index (χ0v) is 10.7. The number of carboxylic acid groups (broad SMARTS) is 1. The van der Waals surface area contributed by atoms with E-state index in [0.717, 1.165) is 31.1 Å². The Labute approximate surface area is 108 Å². The van der Waals surface area contributed by atoms with Crippen LogP contribution in [0.4, 0.5) is 0 Å². The molecule has 96 valence electrons. The summed E-state index contributed by atoms with van der Waals surface area (Å²) in [6.07, 6.45) is 4.09. The Morgan fingerprint density at radius 1 is 1.56 bits per heavy atom. The van der Waals surface area contributed by atoms with Crippen molar-refractivity contribution in [3.05, 3.63) is 41.5 Å². The maximum atomic E-state index is 10.5. The van der Waals surface area contributed by atoms with E-state index in [0.29, 0.717) is 0 Å². The van der Waals surface area contributed by atoms with Crippen LogP contribution in [0, 0.1) is 5.92 Å². The van der Waals surface area contributed by atoms with Gasteiger partial charge in [-0.15, -0.1) is 0 Å². The molecule has 3 nitrogen and oxygen atoms in total. The van der Waals surface area contributed by atoms with Crippen molar-refractivity contribution in [2.24, 2.45) is 5.92 Å². The van der Waals surface area contributed by atoms with Gasteiger partial charge in [0.15, 0.2) is 0 Å². The summed E-state index contributed by atoms with van der Waals surface area (Å²) in [5.74, 6) is -0.117. The summed E-state index contributed by atoms with van der Waals surface area (Å²) in [6, 6.07) is 8.06. The van der Waals surface area contributed by atoms with Crippen molar-refractivity contribution in [3.63, 3.8) is 0 Å². The van der Waals surface area contributed by atoms with E-state index < -0.39 is 5.97 Å². The minimum Gasteiger partial charge on any atom is -0.478 e. The lowest BCUT2D eigenvalue weighted by Crippen LogP contribution is -2.19. The summed E-state index contributed by atoms with van der Waals surface area (Å²) in [6.45, 7) is 5.57. The van der Waals surface area contributed by atoms with Gasteiger partial charge in [0.25, 0.3) is 0 Å². The number of nitrogens with zero attached hydrogens (tertiary/aromatic N) is 1. The Balaban J connectivity index is 2.01. The molecule has 0 aromatic heterocycles. The van der Waals surface area contributed by atoms with Crippen molar-refractivity contribution in [2.45, 2.75) is 19.9 Å². The number of carbonyl (C=O) groups is 1. The molecule has 1 aliphatic rings. The molecule has 1 fully saturated rings. The van der Waals surface area contributed by atoms with Gasteiger partial charge in [0.05, 0.1) is 0 Å². The van der Waals surface area contributed by atoms with E-state index in [9.17, 15) is 4.79 Å². The van der Waals surface area contributed by atoms with Gasteiger partial charge in [-0.1, -0.05) is 31.2 Å². The highest BCUT2D eigenvalue weighted by atomic mass is 16.4. The molecule has 1 unspecified atom stereocenters. The predicted molar refractivity (Wildman–Crippen MR) is 72.2 cm³/mol. The van der Waals surface area contributed by atoms with E-state index in [1.54, 1.807) is 6.08 Å². The Kier molecular flexibility index (Phi) is 4.15. The summed E-state index contributed by atoms with van der Waals surface area (Å²) in [5.41, 5.74) is 2.19. The number of likely N-dealkylation sites (tertiary alicyclic amines) is 1. The molecular weight excluding hydrogens is 226 g/mol. The molecule has 0 spiro atoms. The van der Waals surface area contributed by atoms with Gasteiger partial charge in [0.2, 0.25) is 0 Å². The first kappa shape index (κ1) is 12.8. The topological polar surface area (TPSA) is 40.5 Å². The Morgan fingerprint density at radius 3 is 3.06 bits per heavy atom. The summed E-state index contributed by atoms with van der Waals surface area (Å²) >= 11 is 0. The molecule has 1 aliphatic heterocycles. The summed E-state index contributed by atoms with van der Waals surface area (Å²) in [7, 11) is 0. The van der Waals surface area contributed by atoms with Crippen molar-refractivity contribution < 1.29 is 9.90 Å². The van der Waals surface area contributed by atoms with Gasteiger partial charge in [-0.25, -0.2) is 4.79 Å². The second-order valence-corrected chi connectivity index (χ2v) is 5.05. The Bertz CT molecular complexity index is 454. The van der Waals surface area contributed by atoms with Crippen LogP contribution in [-0.4, -0.2) is 29.1 Å². The van der Waals surface area contributed by atoms with Gasteiger partial charge < -0.3 is 5.11 Å². The largest absolute Gasteiger partial charge is 0.478 e. The first-order valence-corrected chi connectivity index (χ1v) is 6.36. The molecule has 1 N–H and O–H groups in total. The zero-order chi connectivity index (χ0) is 13.0. The molecule has 1 atom stereocenters. The van der Waals surface area contributed by atoms with Crippen LogP contribution in [0.25, 0.3) is 6.08 Å². The van der Waals surface area contributed by atoms with Gasteiger partial charge in [-0.05, 0) is 36.1 Å². The lowest BCUT2D eigenvalue weighted by atomic mass is 10.1. The number of hydrogen-bond acceptors (Lipinski definition) is 2. The second kappa shape index (κ2) is 5.83. The third kappa shape index (κ3) is 3.70. The van der Waals surface area contributed by atoms with Crippen molar-refractivity contribution >= 4 is 12.0 Å². The zero-order valence-electron chi connectivity index (χ0n) is 10.7. The second-order valence-electron chi connectivity index (χ2n) is 5.05. The molecule has 0 amide bonds. The lowest BCUT2D eigenvalue weighted by Gasteiger charge is -2.15. The van der Waals surface area contributed by atoms with E-state index >= 15 is 0 Å². The van der Waals surface area contributed by atoms with Crippen LogP contribution in [0.2, 0.25) is 0 Å². The lowest BCUT2D eigenvalue weighted by molar-refractivity contribution is -0.131. The van der Waals surface area contributed by atoms with Crippen LogP contribution in [0.1, 0.15) is 24.5 Å². The Hall–Kier alpha value is -1.61. The molecule has 1 saturated heterocycles. The highest BCUT2D eigenvalue weighted by molar-refractivity contribution is 5.85. The van der Waals surface area contributed by atoms with E-state index in [1.807, 2.05) is 12.1 Å². The monoisotopic (exact) mass is 245 g/mol. The fourth-order valence-corrected chi connectivity index (χ4v) is 2.39. The van der Waals surface area contributed by atoms with Gasteiger partial charge >= 0.3 is 5.97 Å². The van der Waals surface area contributed by atoms with Crippen LogP contribution >= 0.6 is 0 Å². The summed E-state index contributed by atoms with van der Waals surface area (Å²) in [4.78, 5) is 12.9. The first-order chi connectivity index (χ1) is 8.63. The fraction of sp³-hybridized carbons (Fsp3) is 0.400. The number of aliphatic carboxylic acids is 1. The number of benzene rings is 1. The summed E-state index contributed by atoms with van der Waals surface area (Å²) < 4.78 is 0. The molecule has 18 heavy (non-hydrogen) atoms. The number of carboxylic acids is 1. The standard InChI is InChI=1S/C15H19NO2/c1-12-7-8-16(10-12)11-14-4-2-3-13(9-14)5-6-15(17)18/h2-6,9,12H,7-8,10-11H2,1H3,(H,17,18). The number of rotatable bonds is 4. The average molecular weight is 245 g/mol. The molecule has 1 aromatic carbocycles. The van der Waals surface area contributed by atoms with Crippen LogP contribution in [0.15, 0.2) is 30.3 Å². The molecule has 3 heteroatoms. The normalized spacial score (nSPS) is 20.6. The average Bonchev–Trinajstić information content (AvgIpc) is 2.73. The van der Waals surface area contributed by atoms with E-state index in [-0.39, 0.29) is 0 Å². The Morgan fingerprint density at radius 2 is 2.39 bits per heavy atom. The maximum absolute atomic E-state index is 10.5. The third-order valence-corrected chi connectivity index (χ3v) is 3.28.